The molecule has 122 heavy (non-hydrogen) atoms. The molecule has 14 heterocycles. The first-order valence-corrected chi connectivity index (χ1v) is 40.9. The number of aliphatic hydroxyl groups is 1. The minimum absolute atomic E-state index is 0. The zero-order valence-electron chi connectivity index (χ0n) is 67.3. The van der Waals surface area contributed by atoms with Crippen LogP contribution in [0.3, 0.4) is 0 Å². The molecule has 20 rings (SSSR count). The van der Waals surface area contributed by atoms with Crippen molar-refractivity contribution in [2.75, 3.05) is 93.9 Å². The summed E-state index contributed by atoms with van der Waals surface area (Å²) in [5.74, 6) is -0.563. The van der Waals surface area contributed by atoms with E-state index in [1.54, 1.807) is 26.0 Å². The molecule has 6 aromatic rings. The van der Waals surface area contributed by atoms with Crippen LogP contribution in [0.4, 0.5) is 9.59 Å². The van der Waals surface area contributed by atoms with Gasteiger partial charge in [-0.3, -0.25) is 39.0 Å². The first-order valence-electron chi connectivity index (χ1n) is 38.8. The number of rotatable bonds is 8. The Bertz CT molecular complexity index is 5430. The van der Waals surface area contributed by atoms with Crippen LogP contribution >= 0.6 is 23.5 Å². The quantitative estimate of drug-likeness (QED) is 0.0409. The molecule has 0 radical (unpaired) electrons. The van der Waals surface area contributed by atoms with Gasteiger partial charge < -0.3 is 91.8 Å². The summed E-state index contributed by atoms with van der Waals surface area (Å²) in [5, 5.41) is 68.4. The van der Waals surface area contributed by atoms with E-state index in [4.69, 9.17) is 66.3 Å². The Morgan fingerprint density at radius 2 is 0.943 bits per heavy atom. The highest BCUT2D eigenvalue weighted by molar-refractivity contribution is 7.99. The van der Waals surface area contributed by atoms with E-state index in [2.05, 4.69) is 33.9 Å². The summed E-state index contributed by atoms with van der Waals surface area (Å²) in [7, 11) is 9.63. The molecule has 32 nitrogen and oxygen atoms in total. The van der Waals surface area contributed by atoms with Crippen LogP contribution in [0.1, 0.15) is 160 Å². The zero-order chi connectivity index (χ0) is 84.3. The molecule has 2 unspecified atom stereocenters. The third kappa shape index (κ3) is 12.6. The predicted octanol–water partition coefficient (Wildman–Crippen LogP) is 11.3. The van der Waals surface area contributed by atoms with E-state index in [1.165, 1.54) is 87.7 Å². The molecule has 14 aliphatic heterocycles. The Morgan fingerprint density at radius 3 is 1.34 bits per heavy atom. The number of thioether (sulfide) groups is 2. The number of carbonyl (C=O) groups is 6. The first kappa shape index (κ1) is 87.2. The summed E-state index contributed by atoms with van der Waals surface area (Å²) in [6.45, 7) is 16.2. The Morgan fingerprint density at radius 1 is 0.541 bits per heavy atom. The summed E-state index contributed by atoms with van der Waals surface area (Å²) in [6.07, 6.45) is 0.512. The number of nitrogens with zero attached hydrogens (tertiary/aromatic N) is 7. The third-order valence-electron chi connectivity index (χ3n) is 25.9. The number of benzene rings is 6. The lowest BCUT2D eigenvalue weighted by Crippen LogP contribution is -2.70. The third-order valence-corrected chi connectivity index (χ3v) is 28.8. The Balaban J connectivity index is 0.000000194. The molecular formula is C88H101N7O25S2. The van der Waals surface area contributed by atoms with Gasteiger partial charge in [0.05, 0.1) is 87.7 Å². The number of likely N-dealkylation sites (N-methyl/N-ethyl adjacent to an activating group) is 2. The fourth-order valence-electron chi connectivity index (χ4n) is 21.2. The maximum atomic E-state index is 15.3. The van der Waals surface area contributed by atoms with Crippen LogP contribution in [0.25, 0.3) is 0 Å². The van der Waals surface area contributed by atoms with E-state index in [9.17, 15) is 50.0 Å². The molecule has 34 heteroatoms. The first-order chi connectivity index (χ1) is 57.1. The average Bonchev–Trinajstić information content (AvgIpc) is 1.07. The maximum absolute atomic E-state index is 15.3. The number of piperazine rings is 2. The molecular weight excluding hydrogens is 1620 g/mol. The van der Waals surface area contributed by atoms with Gasteiger partial charge in [-0.25, -0.2) is 19.2 Å². The van der Waals surface area contributed by atoms with Gasteiger partial charge in [-0.15, -0.1) is 23.5 Å². The number of nitriles is 1. The SMILES string of the molecule is C.C.C.C=COC(=O)N1CCc2cc(O)c(OC)cc2[C@@]12CS[C@@H]1c3c(OC(C)=O)c(C)c4c(c3[C@H](COC2=O)N2C1[C@H]1c3c(cc(C)c(OC)c3O)C[C@@H]([C@@H]2C#N)N1C)OCO4.C=COC(=O)N1CCc2cc(O)c(OC)cc2[C@@]12CS[C@@H]1c3c(OC(C)=O)c(C)c4c(c3[C@H](COC2=O)N2C1[C@H]1c3c(cc(C)c(OC)c3O)C[C@@H]([C@@H]2O)N1C)OCO4. The molecule has 5 N–H and O–H groups in total. The highest BCUT2D eigenvalue weighted by Gasteiger charge is 2.66. The maximum Gasteiger partial charge on any atom is 0.415 e. The number of fused-ring (bicyclic) bond motifs is 18. The van der Waals surface area contributed by atoms with Gasteiger partial charge in [0, 0.05) is 101 Å². The lowest BCUT2D eigenvalue weighted by molar-refractivity contribution is -0.188. The molecule has 0 saturated carbocycles. The molecule has 14 aliphatic rings. The number of phenolic OH excluding ortho intramolecular Hbond substituents is 4. The Kier molecular flexibility index (Phi) is 23.3. The van der Waals surface area contributed by atoms with Gasteiger partial charge in [-0.1, -0.05) is 47.6 Å². The van der Waals surface area contributed by atoms with E-state index in [0.29, 0.717) is 114 Å². The van der Waals surface area contributed by atoms with E-state index in [0.717, 1.165) is 34.8 Å². The van der Waals surface area contributed by atoms with Gasteiger partial charge in [0.1, 0.15) is 37.0 Å². The average molecular weight is 1720 g/mol. The minimum atomic E-state index is -1.86. The summed E-state index contributed by atoms with van der Waals surface area (Å²) >= 11 is 2.60. The van der Waals surface area contributed by atoms with Crippen LogP contribution in [-0.2, 0) is 74.9 Å². The van der Waals surface area contributed by atoms with Crippen molar-refractivity contribution in [3.8, 4) is 86.6 Å². The smallest absolute Gasteiger partial charge is 0.415 e. The van der Waals surface area contributed by atoms with Crippen LogP contribution in [-0.4, -0.2) is 221 Å². The fourth-order valence-corrected chi connectivity index (χ4v) is 24.6. The van der Waals surface area contributed by atoms with Crippen molar-refractivity contribution in [1.29, 1.82) is 5.26 Å². The standard InChI is InChI=1S/C43H44N4O12S.C42H45N3O13S.3CH4/c1-8-55-42(52)46-10-9-22-13-28(49)29(53-6)14-24(22)43(46)17-60-40-32-31(39-38(57-18-58-39)20(3)37(32)59-21(4)48)27(16-56-41(43)51)47-26(15-44)25-12-23-11-19(2)36(54-7)35(50)30(23)33(34(40)47)45(25)5;1-8-54-41(51)44-10-9-21-13-26(47)27(52-6)14-23(21)42(44)16-59-38-30-29(37-36(56-17-57-37)19(3)35(30)58-20(4)46)25(15-55-40(42)50)45-32(38)31-28-22(12-24(39(45)49)43(31)5)11-18(2)34(53-7)33(28)48;;;/h8,11,13-14,25-27,33-34,40,49-50H,1,9-10,12,16-18H2,2-7H3;8,11,13-14,24-25,31-32,38-39,47-49H,1,9-10,12,15-17H2,2-7H3;3*1H4/t25-,26-,27-,33+,34?,40+,43+;24-,25-,31+,32?,38+,39-,42+;;;/m00.../s1. The second kappa shape index (κ2) is 32.6. The molecule has 2 amide bonds. The number of ether oxygens (including phenoxy) is 14. The summed E-state index contributed by atoms with van der Waals surface area (Å²) < 4.78 is 82.9. The monoisotopic (exact) mass is 1720 g/mol. The van der Waals surface area contributed by atoms with Crippen molar-refractivity contribution in [2.45, 2.75) is 172 Å². The van der Waals surface area contributed by atoms with Gasteiger partial charge in [0.25, 0.3) is 0 Å². The van der Waals surface area contributed by atoms with Gasteiger partial charge in [-0.05, 0) is 136 Å². The normalized spacial score (nSPS) is 26.9. The number of amides is 2. The van der Waals surface area contributed by atoms with Crippen LogP contribution in [0.15, 0.2) is 62.1 Å². The van der Waals surface area contributed by atoms with Crippen molar-refractivity contribution in [2.24, 2.45) is 0 Å². The molecule has 0 aromatic heterocycles. The van der Waals surface area contributed by atoms with E-state index >= 15 is 9.59 Å². The van der Waals surface area contributed by atoms with Crippen LogP contribution < -0.4 is 47.4 Å². The highest BCUT2D eigenvalue weighted by Crippen LogP contribution is 2.68. The molecule has 14 atom stereocenters. The van der Waals surface area contributed by atoms with Crippen molar-refractivity contribution < 1.29 is 121 Å². The van der Waals surface area contributed by atoms with Gasteiger partial charge in [0.2, 0.25) is 13.6 Å². The van der Waals surface area contributed by atoms with Crippen molar-refractivity contribution in [1.82, 2.24) is 29.4 Å². The molecule has 0 aliphatic carbocycles. The van der Waals surface area contributed by atoms with E-state index < -0.39 is 112 Å². The van der Waals surface area contributed by atoms with E-state index in [-0.39, 0.29) is 139 Å². The van der Waals surface area contributed by atoms with Gasteiger partial charge in [0.15, 0.2) is 80.1 Å². The number of hydrogen-bond donors (Lipinski definition) is 5. The number of aryl methyl sites for hydroxylation is 2. The van der Waals surface area contributed by atoms with Crippen molar-refractivity contribution in [3.63, 3.8) is 0 Å². The topological polar surface area (TPSA) is 376 Å². The minimum Gasteiger partial charge on any atom is -0.504 e. The van der Waals surface area contributed by atoms with Crippen LogP contribution in [0, 0.1) is 39.0 Å². The number of aliphatic hydroxyl groups excluding tert-OH is 1. The molecule has 4 saturated heterocycles. The second-order valence-electron chi connectivity index (χ2n) is 31.5. The number of methoxy groups -OCH3 is 4. The lowest BCUT2D eigenvalue weighted by atomic mass is 9.71. The molecule has 6 aromatic carbocycles. The molecule has 2 spiro atoms. The number of carbonyl (C=O) groups excluding carboxylic acids is 6. The summed E-state index contributed by atoms with van der Waals surface area (Å²) in [6, 6.07) is 6.73. The fraction of sp³-hybridized carbons (Fsp3) is 0.466. The molecule has 650 valence electrons. The largest absolute Gasteiger partial charge is 0.504 e. The zero-order valence-corrected chi connectivity index (χ0v) is 68.9. The number of aromatic hydroxyl groups is 4. The summed E-state index contributed by atoms with van der Waals surface area (Å²) in [4.78, 5) is 95.4. The molecule has 4 fully saturated rings. The Hall–Kier alpha value is -11.2. The number of esters is 4. The van der Waals surface area contributed by atoms with E-state index in [1.807, 2.05) is 45.0 Å². The van der Waals surface area contributed by atoms with Crippen molar-refractivity contribution in [3.05, 3.63) is 151 Å². The van der Waals surface area contributed by atoms with Crippen molar-refractivity contribution >= 4 is 59.6 Å². The van der Waals surface area contributed by atoms with Crippen LogP contribution in [0.5, 0.6) is 80.5 Å². The molecule has 8 bridgehead atoms. The predicted molar refractivity (Wildman–Crippen MR) is 444 cm³/mol. The number of hydrogen-bond acceptors (Lipinski definition) is 32. The van der Waals surface area contributed by atoms with Gasteiger partial charge in [-0.2, -0.15) is 5.26 Å². The van der Waals surface area contributed by atoms with Crippen LogP contribution in [0.2, 0.25) is 0 Å². The second-order valence-corrected chi connectivity index (χ2v) is 33.7. The highest BCUT2D eigenvalue weighted by atomic mass is 32.2. The summed E-state index contributed by atoms with van der Waals surface area (Å²) in [5.41, 5.74) is 5.91. The Labute approximate surface area is 714 Å². The van der Waals surface area contributed by atoms with Gasteiger partial charge >= 0.3 is 36.1 Å². The number of phenols is 4. The lowest BCUT2D eigenvalue weighted by Gasteiger charge is -2.62.